The quantitative estimate of drug-likeness (QED) is 0.203. The number of hydrogen-bond donors (Lipinski definition) is 4. The molecule has 7 heteroatoms. The molecule has 0 bridgehead atoms. The number of benzene rings is 1. The van der Waals surface area contributed by atoms with E-state index in [-0.39, 0.29) is 18.0 Å². The van der Waals surface area contributed by atoms with Gasteiger partial charge in [-0.3, -0.25) is 4.79 Å². The van der Waals surface area contributed by atoms with Crippen molar-refractivity contribution in [1.29, 1.82) is 0 Å². The lowest BCUT2D eigenvalue weighted by Gasteiger charge is -2.05. The Kier molecular flexibility index (Phi) is 4.73. The first-order valence-corrected chi connectivity index (χ1v) is 6.95. The summed E-state index contributed by atoms with van der Waals surface area (Å²) in [5.74, 6) is 0.167. The van der Waals surface area contributed by atoms with E-state index in [1.807, 2.05) is 32.2 Å². The maximum absolute atomic E-state index is 11.8. The zero-order valence-corrected chi connectivity index (χ0v) is 12.1. The summed E-state index contributed by atoms with van der Waals surface area (Å²) < 4.78 is 0. The molecule has 1 amide bonds. The van der Waals surface area contributed by atoms with E-state index in [0.29, 0.717) is 12.3 Å². The second-order valence-electron chi connectivity index (χ2n) is 4.57. The summed E-state index contributed by atoms with van der Waals surface area (Å²) in [6, 6.07) is 6.05. The minimum absolute atomic E-state index is 0.0918. The van der Waals surface area contributed by atoms with Gasteiger partial charge in [-0.2, -0.15) is 12.6 Å². The van der Waals surface area contributed by atoms with Gasteiger partial charge < -0.3 is 15.5 Å². The number of H-pyrrole nitrogens is 1. The minimum Gasteiger partial charge on any atom is -0.410 e. The molecule has 0 aliphatic rings. The Morgan fingerprint density at radius 3 is 3.00 bits per heavy atom. The molecule has 0 aliphatic heterocycles. The van der Waals surface area contributed by atoms with Crippen LogP contribution in [0.2, 0.25) is 0 Å². The zero-order chi connectivity index (χ0) is 14.5. The van der Waals surface area contributed by atoms with Gasteiger partial charge in [0, 0.05) is 35.8 Å². The van der Waals surface area contributed by atoms with E-state index in [1.54, 1.807) is 0 Å². The average molecular weight is 289 g/mol. The van der Waals surface area contributed by atoms with Gasteiger partial charge in [0.25, 0.3) is 5.91 Å². The predicted molar refractivity (Wildman–Crippen MR) is 86.3 cm³/mol. The molecule has 0 unspecified atom stereocenters. The molecule has 104 valence electrons. The molecule has 3 N–H and O–H groups in total. The van der Waals surface area contributed by atoms with E-state index >= 15 is 0 Å². The van der Waals surface area contributed by atoms with Crippen LogP contribution in [0.1, 0.15) is 5.56 Å². The molecule has 0 fully saturated rings. The number of nitrogens with one attached hydrogen (secondary N) is 2. The highest BCUT2D eigenvalue weighted by Gasteiger charge is 2.15. The van der Waals surface area contributed by atoms with E-state index in [0.717, 1.165) is 21.9 Å². The first-order chi connectivity index (χ1) is 9.65. The summed E-state index contributed by atoms with van der Waals surface area (Å²) in [4.78, 5) is 15.0. The van der Waals surface area contributed by atoms with Crippen molar-refractivity contribution in [3.63, 3.8) is 0 Å². The standard InChI is InChI=1S/C13H16BN3O2S/c14-9-1-2-11-10(6-9)8(7-16-11)5-12(17-19)13(18)15-3-4-20/h1-2,6-7,16,19-20H,3-5,14H2,(H,15,18)/b17-12+. The fraction of sp³-hybridized carbons (Fsp3) is 0.231. The summed E-state index contributed by atoms with van der Waals surface area (Å²) >= 11 is 4.02. The maximum Gasteiger partial charge on any atom is 0.269 e. The summed E-state index contributed by atoms with van der Waals surface area (Å²) in [5.41, 5.74) is 3.16. The lowest BCUT2D eigenvalue weighted by atomic mass is 9.93. The number of aromatic nitrogens is 1. The van der Waals surface area contributed by atoms with Crippen LogP contribution in [0.3, 0.4) is 0 Å². The van der Waals surface area contributed by atoms with E-state index in [1.165, 1.54) is 0 Å². The molecular formula is C13H16BN3O2S. The lowest BCUT2D eigenvalue weighted by Crippen LogP contribution is -2.33. The summed E-state index contributed by atoms with van der Waals surface area (Å²) in [5, 5.41) is 15.8. The zero-order valence-electron chi connectivity index (χ0n) is 11.2. The number of oxime groups is 1. The van der Waals surface area contributed by atoms with Crippen LogP contribution in [-0.2, 0) is 11.2 Å². The second kappa shape index (κ2) is 6.52. The van der Waals surface area contributed by atoms with Gasteiger partial charge in [-0.25, -0.2) is 0 Å². The lowest BCUT2D eigenvalue weighted by molar-refractivity contribution is -0.114. The van der Waals surface area contributed by atoms with E-state index in [9.17, 15) is 4.79 Å². The van der Waals surface area contributed by atoms with Crippen molar-refractivity contribution >= 4 is 48.5 Å². The molecule has 0 atom stereocenters. The number of carbonyl (C=O) groups is 1. The third-order valence-electron chi connectivity index (χ3n) is 3.06. The molecule has 0 saturated heterocycles. The van der Waals surface area contributed by atoms with Crippen LogP contribution in [0, 0.1) is 0 Å². The van der Waals surface area contributed by atoms with Crippen molar-refractivity contribution in [2.24, 2.45) is 5.16 Å². The van der Waals surface area contributed by atoms with Gasteiger partial charge >= 0.3 is 0 Å². The molecule has 0 spiro atoms. The first-order valence-electron chi connectivity index (χ1n) is 6.32. The fourth-order valence-corrected chi connectivity index (χ4v) is 2.16. The number of fused-ring (bicyclic) bond motifs is 1. The van der Waals surface area contributed by atoms with Crippen molar-refractivity contribution in [2.45, 2.75) is 6.42 Å². The molecule has 1 aromatic carbocycles. The van der Waals surface area contributed by atoms with Gasteiger partial charge in [0.05, 0.1) is 0 Å². The van der Waals surface area contributed by atoms with Crippen LogP contribution < -0.4 is 10.8 Å². The molecule has 5 nitrogen and oxygen atoms in total. The predicted octanol–water partition coefficient (Wildman–Crippen LogP) is -0.155. The summed E-state index contributed by atoms with van der Waals surface area (Å²) in [7, 11) is 2.01. The van der Waals surface area contributed by atoms with E-state index < -0.39 is 0 Å². The average Bonchev–Trinajstić information content (AvgIpc) is 2.84. The molecular weight excluding hydrogens is 273 g/mol. The Hall–Kier alpha value is -1.89. The highest BCUT2D eigenvalue weighted by molar-refractivity contribution is 7.80. The third-order valence-corrected chi connectivity index (χ3v) is 3.28. The molecule has 0 saturated carbocycles. The first kappa shape index (κ1) is 14.5. The maximum atomic E-state index is 11.8. The van der Waals surface area contributed by atoms with Gasteiger partial charge in [0.1, 0.15) is 13.6 Å². The third kappa shape index (κ3) is 3.16. The Morgan fingerprint density at radius 1 is 1.50 bits per heavy atom. The van der Waals surface area contributed by atoms with Crippen LogP contribution in [0.5, 0.6) is 0 Å². The van der Waals surface area contributed by atoms with Crippen LogP contribution in [-0.4, -0.2) is 42.0 Å². The number of carbonyl (C=O) groups excluding carboxylic acids is 1. The minimum atomic E-state index is -0.372. The number of rotatable bonds is 5. The van der Waals surface area contributed by atoms with Crippen molar-refractivity contribution in [1.82, 2.24) is 10.3 Å². The Balaban J connectivity index is 2.22. The molecule has 0 aliphatic carbocycles. The van der Waals surface area contributed by atoms with Gasteiger partial charge in [-0.05, 0) is 11.6 Å². The molecule has 1 aromatic heterocycles. The van der Waals surface area contributed by atoms with Gasteiger partial charge in [-0.1, -0.05) is 22.8 Å². The summed E-state index contributed by atoms with van der Waals surface area (Å²) in [6.45, 7) is 0.438. The van der Waals surface area contributed by atoms with Crippen LogP contribution in [0.4, 0.5) is 0 Å². The van der Waals surface area contributed by atoms with Crippen LogP contribution in [0.15, 0.2) is 29.6 Å². The van der Waals surface area contributed by atoms with Gasteiger partial charge in [0.15, 0.2) is 0 Å². The molecule has 0 radical (unpaired) electrons. The normalized spacial score (nSPS) is 11.8. The molecule has 1 heterocycles. The fourth-order valence-electron chi connectivity index (χ4n) is 2.05. The van der Waals surface area contributed by atoms with Gasteiger partial charge in [0.2, 0.25) is 0 Å². The Labute approximate surface area is 123 Å². The number of amides is 1. The topological polar surface area (TPSA) is 77.5 Å². The Morgan fingerprint density at radius 2 is 2.30 bits per heavy atom. The largest absolute Gasteiger partial charge is 0.410 e. The Bertz CT molecular complexity index is 654. The SMILES string of the molecule is Bc1ccc2[nH]cc(C/C(=N\O)C(=O)NCCS)c2c1. The highest BCUT2D eigenvalue weighted by Crippen LogP contribution is 2.17. The van der Waals surface area contributed by atoms with Crippen LogP contribution in [0.25, 0.3) is 10.9 Å². The van der Waals surface area contributed by atoms with Crippen molar-refractivity contribution in [2.75, 3.05) is 12.3 Å². The number of aromatic amines is 1. The monoisotopic (exact) mass is 289 g/mol. The van der Waals surface area contributed by atoms with Crippen molar-refractivity contribution < 1.29 is 10.0 Å². The molecule has 2 aromatic rings. The molecule has 2 rings (SSSR count). The van der Waals surface area contributed by atoms with Crippen molar-refractivity contribution in [3.8, 4) is 0 Å². The number of thiol groups is 1. The smallest absolute Gasteiger partial charge is 0.269 e. The number of nitrogens with zero attached hydrogens (tertiary/aromatic N) is 1. The van der Waals surface area contributed by atoms with Gasteiger partial charge in [-0.15, -0.1) is 0 Å². The van der Waals surface area contributed by atoms with Crippen molar-refractivity contribution in [3.05, 3.63) is 30.0 Å². The van der Waals surface area contributed by atoms with E-state index in [2.05, 4.69) is 28.1 Å². The highest BCUT2D eigenvalue weighted by atomic mass is 32.1. The number of hydrogen-bond acceptors (Lipinski definition) is 4. The van der Waals surface area contributed by atoms with Crippen LogP contribution >= 0.6 is 12.6 Å². The second-order valence-corrected chi connectivity index (χ2v) is 5.01. The van der Waals surface area contributed by atoms with E-state index in [4.69, 9.17) is 5.21 Å². The molecule has 20 heavy (non-hydrogen) atoms. The summed E-state index contributed by atoms with van der Waals surface area (Å²) in [6.07, 6.45) is 2.11.